The first-order valence-electron chi connectivity index (χ1n) is 4.65. The van der Waals surface area contributed by atoms with Crippen LogP contribution >= 0.6 is 0 Å². The lowest BCUT2D eigenvalue weighted by Gasteiger charge is -2.04. The van der Waals surface area contributed by atoms with Gasteiger partial charge in [-0.25, -0.2) is 0 Å². The molecule has 1 N–H and O–H groups in total. The van der Waals surface area contributed by atoms with Gasteiger partial charge in [0.1, 0.15) is 0 Å². The summed E-state index contributed by atoms with van der Waals surface area (Å²) in [6, 6.07) is 7.94. The van der Waals surface area contributed by atoms with Gasteiger partial charge in [0.2, 0.25) is 5.91 Å². The summed E-state index contributed by atoms with van der Waals surface area (Å²) in [6.45, 7) is 3.94. The molecule has 0 atom stereocenters. The molecule has 0 aliphatic heterocycles. The molecule has 1 aromatic carbocycles. The molecular formula is C11H15NO. The van der Waals surface area contributed by atoms with Gasteiger partial charge in [0, 0.05) is 12.1 Å². The maximum Gasteiger partial charge on any atom is 0.224 e. The van der Waals surface area contributed by atoms with Crippen molar-refractivity contribution >= 4 is 11.6 Å². The Labute approximate surface area is 79.0 Å². The maximum absolute atomic E-state index is 11.1. The lowest BCUT2D eigenvalue weighted by atomic mass is 10.1. The summed E-state index contributed by atoms with van der Waals surface area (Å²) >= 11 is 0. The number of carbonyl (C=O) groups is 1. The number of anilines is 1. The number of hydrogen-bond donors (Lipinski definition) is 1. The van der Waals surface area contributed by atoms with E-state index in [-0.39, 0.29) is 5.91 Å². The summed E-state index contributed by atoms with van der Waals surface area (Å²) < 4.78 is 0. The molecule has 0 radical (unpaired) electrons. The molecule has 0 fully saturated rings. The van der Waals surface area contributed by atoms with E-state index in [1.54, 1.807) is 0 Å². The maximum atomic E-state index is 11.1. The van der Waals surface area contributed by atoms with Crippen LogP contribution in [0.15, 0.2) is 24.3 Å². The quantitative estimate of drug-likeness (QED) is 0.755. The summed E-state index contributed by atoms with van der Waals surface area (Å²) in [4.78, 5) is 11.1. The lowest BCUT2D eigenvalue weighted by molar-refractivity contribution is -0.115. The van der Waals surface area contributed by atoms with Gasteiger partial charge in [-0.3, -0.25) is 4.79 Å². The second kappa shape index (κ2) is 4.65. The van der Waals surface area contributed by atoms with E-state index < -0.39 is 0 Å². The number of hydrogen-bond acceptors (Lipinski definition) is 1. The van der Waals surface area contributed by atoms with Crippen LogP contribution in [0.2, 0.25) is 0 Å². The molecule has 0 unspecified atom stereocenters. The Bertz CT molecular complexity index is 294. The van der Waals surface area contributed by atoms with E-state index in [1.807, 2.05) is 25.1 Å². The molecule has 0 aromatic heterocycles. The summed E-state index contributed by atoms with van der Waals surface area (Å²) in [5, 5.41) is 2.83. The van der Waals surface area contributed by atoms with Crippen molar-refractivity contribution in [3.63, 3.8) is 0 Å². The van der Waals surface area contributed by atoms with Gasteiger partial charge in [-0.1, -0.05) is 26.0 Å². The first-order chi connectivity index (χ1) is 6.26. The van der Waals surface area contributed by atoms with Crippen LogP contribution in [0.3, 0.4) is 0 Å². The monoisotopic (exact) mass is 177 g/mol. The second-order valence-corrected chi connectivity index (χ2v) is 2.96. The third-order valence-corrected chi connectivity index (χ3v) is 1.94. The van der Waals surface area contributed by atoms with E-state index >= 15 is 0 Å². The van der Waals surface area contributed by atoms with Gasteiger partial charge >= 0.3 is 0 Å². The van der Waals surface area contributed by atoms with Crippen molar-refractivity contribution in [3.8, 4) is 0 Å². The van der Waals surface area contributed by atoms with Gasteiger partial charge in [-0.15, -0.1) is 0 Å². The molecule has 0 bridgehead atoms. The minimum Gasteiger partial charge on any atom is -0.326 e. The van der Waals surface area contributed by atoms with E-state index in [2.05, 4.69) is 18.3 Å². The predicted octanol–water partition coefficient (Wildman–Crippen LogP) is 2.60. The van der Waals surface area contributed by atoms with Crippen molar-refractivity contribution < 1.29 is 4.79 Å². The number of benzene rings is 1. The summed E-state index contributed by atoms with van der Waals surface area (Å²) in [5.74, 6) is 0.0632. The van der Waals surface area contributed by atoms with Crippen LogP contribution in [0.1, 0.15) is 25.8 Å². The third kappa shape index (κ3) is 2.90. The second-order valence-electron chi connectivity index (χ2n) is 2.96. The highest BCUT2D eigenvalue weighted by atomic mass is 16.1. The molecule has 0 heterocycles. The Hall–Kier alpha value is -1.31. The fourth-order valence-corrected chi connectivity index (χ4v) is 1.12. The van der Waals surface area contributed by atoms with Gasteiger partial charge in [0.15, 0.2) is 0 Å². The smallest absolute Gasteiger partial charge is 0.224 e. The zero-order chi connectivity index (χ0) is 9.68. The molecule has 1 aromatic rings. The van der Waals surface area contributed by atoms with Crippen LogP contribution in [0.4, 0.5) is 5.69 Å². The van der Waals surface area contributed by atoms with Crippen molar-refractivity contribution in [1.29, 1.82) is 0 Å². The first kappa shape index (κ1) is 9.78. The van der Waals surface area contributed by atoms with Gasteiger partial charge in [-0.05, 0) is 24.1 Å². The van der Waals surface area contributed by atoms with Crippen LogP contribution in [-0.2, 0) is 11.2 Å². The summed E-state index contributed by atoms with van der Waals surface area (Å²) in [7, 11) is 0. The van der Waals surface area contributed by atoms with Crippen LogP contribution in [0.5, 0.6) is 0 Å². The van der Waals surface area contributed by atoms with Gasteiger partial charge in [0.25, 0.3) is 0 Å². The molecule has 0 saturated carbocycles. The predicted molar refractivity (Wildman–Crippen MR) is 54.7 cm³/mol. The fourth-order valence-electron chi connectivity index (χ4n) is 1.12. The van der Waals surface area contributed by atoms with E-state index in [9.17, 15) is 4.79 Å². The molecule has 13 heavy (non-hydrogen) atoms. The Balaban J connectivity index is 2.71. The highest BCUT2D eigenvalue weighted by molar-refractivity contribution is 5.90. The van der Waals surface area contributed by atoms with E-state index in [1.165, 1.54) is 5.56 Å². The molecule has 0 aliphatic rings. The Kier molecular flexibility index (Phi) is 3.50. The Morgan fingerprint density at radius 2 is 2.15 bits per heavy atom. The van der Waals surface area contributed by atoms with E-state index in [4.69, 9.17) is 0 Å². The van der Waals surface area contributed by atoms with Crippen LogP contribution in [-0.4, -0.2) is 5.91 Å². The zero-order valence-corrected chi connectivity index (χ0v) is 8.13. The average molecular weight is 177 g/mol. The molecule has 2 heteroatoms. The molecule has 2 nitrogen and oxygen atoms in total. The molecular weight excluding hydrogens is 162 g/mol. The number of nitrogens with one attached hydrogen (secondary N) is 1. The number of carbonyl (C=O) groups excluding carboxylic acids is 1. The summed E-state index contributed by atoms with van der Waals surface area (Å²) in [6.07, 6.45) is 1.52. The van der Waals surface area contributed by atoms with Crippen LogP contribution < -0.4 is 5.32 Å². The highest BCUT2D eigenvalue weighted by Crippen LogP contribution is 2.10. The molecule has 0 spiro atoms. The van der Waals surface area contributed by atoms with Gasteiger partial charge in [0.05, 0.1) is 0 Å². The lowest BCUT2D eigenvalue weighted by Crippen LogP contribution is -2.09. The number of rotatable bonds is 3. The first-order valence-corrected chi connectivity index (χ1v) is 4.65. The molecule has 0 saturated heterocycles. The van der Waals surface area contributed by atoms with E-state index in [0.29, 0.717) is 6.42 Å². The minimum absolute atomic E-state index is 0.0632. The van der Waals surface area contributed by atoms with Gasteiger partial charge in [-0.2, -0.15) is 0 Å². The van der Waals surface area contributed by atoms with Crippen LogP contribution in [0.25, 0.3) is 0 Å². The number of aryl methyl sites for hydroxylation is 1. The van der Waals surface area contributed by atoms with Crippen molar-refractivity contribution in [2.45, 2.75) is 26.7 Å². The molecule has 1 rings (SSSR count). The van der Waals surface area contributed by atoms with Crippen molar-refractivity contribution in [2.75, 3.05) is 5.32 Å². The normalized spacial score (nSPS) is 9.69. The van der Waals surface area contributed by atoms with Gasteiger partial charge < -0.3 is 5.32 Å². The molecule has 1 amide bonds. The third-order valence-electron chi connectivity index (χ3n) is 1.94. The zero-order valence-electron chi connectivity index (χ0n) is 8.13. The fraction of sp³-hybridized carbons (Fsp3) is 0.364. The average Bonchev–Trinajstić information content (AvgIpc) is 2.18. The Morgan fingerprint density at radius 1 is 1.38 bits per heavy atom. The minimum atomic E-state index is 0.0632. The SMILES string of the molecule is CCC(=O)Nc1cccc(CC)c1. The highest BCUT2D eigenvalue weighted by Gasteiger charge is 1.98. The largest absolute Gasteiger partial charge is 0.326 e. The summed E-state index contributed by atoms with van der Waals surface area (Å²) in [5.41, 5.74) is 2.14. The topological polar surface area (TPSA) is 29.1 Å². The molecule has 70 valence electrons. The van der Waals surface area contributed by atoms with Crippen molar-refractivity contribution in [1.82, 2.24) is 0 Å². The molecule has 0 aliphatic carbocycles. The van der Waals surface area contributed by atoms with Crippen LogP contribution in [0, 0.1) is 0 Å². The Morgan fingerprint density at radius 3 is 2.77 bits per heavy atom. The van der Waals surface area contributed by atoms with Crippen molar-refractivity contribution in [2.24, 2.45) is 0 Å². The van der Waals surface area contributed by atoms with Crippen molar-refractivity contribution in [3.05, 3.63) is 29.8 Å². The van der Waals surface area contributed by atoms with E-state index in [0.717, 1.165) is 12.1 Å². The standard InChI is InChI=1S/C11H15NO/c1-3-9-6-5-7-10(8-9)12-11(13)4-2/h5-8H,3-4H2,1-2H3,(H,12,13). The number of amides is 1.